The Morgan fingerprint density at radius 2 is 1.89 bits per heavy atom. The predicted molar refractivity (Wildman–Crippen MR) is 101 cm³/mol. The number of nitrogens with zero attached hydrogens (tertiary/aromatic N) is 5. The molecule has 2 atom stereocenters. The lowest BCUT2D eigenvalue weighted by Crippen LogP contribution is -2.37. The van der Waals surface area contributed by atoms with Crippen molar-refractivity contribution in [2.75, 3.05) is 45.6 Å². The molecule has 0 saturated carbocycles. The first kappa shape index (κ1) is 18.1. The van der Waals surface area contributed by atoms with Gasteiger partial charge in [-0.05, 0) is 18.1 Å². The number of methoxy groups -OCH3 is 1. The normalized spacial score (nSPS) is 25.6. The molecule has 2 aromatic rings. The van der Waals surface area contributed by atoms with Crippen molar-refractivity contribution in [3.05, 3.63) is 42.0 Å². The number of ether oxygens (including phenoxy) is 1. The SMILES string of the molecule is COc1cccnc1CN1CC2CN(Cc3cnc(N)nc3)CC2(CO)C1. The van der Waals surface area contributed by atoms with E-state index >= 15 is 0 Å². The Morgan fingerprint density at radius 1 is 1.19 bits per heavy atom. The van der Waals surface area contributed by atoms with Gasteiger partial charge in [-0.15, -0.1) is 0 Å². The largest absolute Gasteiger partial charge is 0.495 e. The van der Waals surface area contributed by atoms with Gasteiger partial charge in [-0.25, -0.2) is 9.97 Å². The quantitative estimate of drug-likeness (QED) is 0.753. The van der Waals surface area contributed by atoms with Gasteiger partial charge in [-0.1, -0.05) is 0 Å². The summed E-state index contributed by atoms with van der Waals surface area (Å²) in [6.07, 6.45) is 5.36. The van der Waals surface area contributed by atoms with Crippen LogP contribution in [0.25, 0.3) is 0 Å². The van der Waals surface area contributed by atoms with Crippen LogP contribution in [0.5, 0.6) is 5.75 Å². The smallest absolute Gasteiger partial charge is 0.219 e. The maximum Gasteiger partial charge on any atom is 0.219 e. The molecule has 8 heteroatoms. The van der Waals surface area contributed by atoms with Crippen LogP contribution in [-0.2, 0) is 13.1 Å². The van der Waals surface area contributed by atoms with Gasteiger partial charge < -0.3 is 15.6 Å². The third kappa shape index (κ3) is 3.60. The minimum absolute atomic E-state index is 0.0866. The number of hydrogen-bond acceptors (Lipinski definition) is 8. The predicted octanol–water partition coefficient (Wildman–Crippen LogP) is 0.389. The van der Waals surface area contributed by atoms with E-state index in [1.165, 1.54) is 0 Å². The number of aliphatic hydroxyl groups is 1. The molecular formula is C19H26N6O2. The molecule has 2 aromatic heterocycles. The minimum atomic E-state index is -0.0866. The highest BCUT2D eigenvalue weighted by molar-refractivity contribution is 5.27. The van der Waals surface area contributed by atoms with Crippen molar-refractivity contribution in [3.63, 3.8) is 0 Å². The second kappa shape index (κ2) is 7.38. The number of hydrogen-bond donors (Lipinski definition) is 2. The first-order valence-electron chi connectivity index (χ1n) is 9.22. The summed E-state index contributed by atoms with van der Waals surface area (Å²) in [5.41, 5.74) is 7.47. The Bertz CT molecular complexity index is 786. The summed E-state index contributed by atoms with van der Waals surface area (Å²) in [5, 5.41) is 10.2. The number of anilines is 1. The van der Waals surface area contributed by atoms with Crippen molar-refractivity contribution in [2.45, 2.75) is 13.1 Å². The Hall–Kier alpha value is -2.29. The van der Waals surface area contributed by atoms with E-state index in [0.29, 0.717) is 11.9 Å². The zero-order valence-corrected chi connectivity index (χ0v) is 15.6. The van der Waals surface area contributed by atoms with E-state index in [1.807, 2.05) is 12.1 Å². The third-order valence-electron chi connectivity index (χ3n) is 5.79. The second-order valence-electron chi connectivity index (χ2n) is 7.66. The molecule has 0 radical (unpaired) electrons. The molecule has 0 amide bonds. The van der Waals surface area contributed by atoms with Crippen LogP contribution in [0.15, 0.2) is 30.7 Å². The van der Waals surface area contributed by atoms with E-state index in [-0.39, 0.29) is 12.0 Å². The van der Waals surface area contributed by atoms with Gasteiger partial charge >= 0.3 is 0 Å². The van der Waals surface area contributed by atoms with Crippen LogP contribution in [0, 0.1) is 11.3 Å². The summed E-state index contributed by atoms with van der Waals surface area (Å²) in [6.45, 7) is 5.37. The fourth-order valence-corrected chi connectivity index (χ4v) is 4.51. The highest BCUT2D eigenvalue weighted by Crippen LogP contribution is 2.43. The zero-order valence-electron chi connectivity index (χ0n) is 15.6. The highest BCUT2D eigenvalue weighted by Gasteiger charge is 2.51. The molecule has 4 rings (SSSR count). The average Bonchev–Trinajstić information content (AvgIpc) is 3.17. The van der Waals surface area contributed by atoms with Gasteiger partial charge in [-0.2, -0.15) is 0 Å². The summed E-state index contributed by atoms with van der Waals surface area (Å²) >= 11 is 0. The van der Waals surface area contributed by atoms with Crippen molar-refractivity contribution < 1.29 is 9.84 Å². The first-order valence-corrected chi connectivity index (χ1v) is 9.22. The van der Waals surface area contributed by atoms with E-state index in [9.17, 15) is 5.11 Å². The summed E-state index contributed by atoms with van der Waals surface area (Å²) in [4.78, 5) is 17.4. The lowest BCUT2D eigenvalue weighted by atomic mass is 9.82. The molecule has 8 nitrogen and oxygen atoms in total. The van der Waals surface area contributed by atoms with Crippen LogP contribution >= 0.6 is 0 Å². The monoisotopic (exact) mass is 370 g/mol. The molecule has 2 saturated heterocycles. The molecule has 3 N–H and O–H groups in total. The molecule has 2 aliphatic rings. The summed E-state index contributed by atoms with van der Waals surface area (Å²) in [6, 6.07) is 3.83. The maximum absolute atomic E-state index is 10.2. The minimum Gasteiger partial charge on any atom is -0.495 e. The topological polar surface area (TPSA) is 101 Å². The Balaban J connectivity index is 1.41. The van der Waals surface area contributed by atoms with Crippen molar-refractivity contribution in [2.24, 2.45) is 11.3 Å². The van der Waals surface area contributed by atoms with Gasteiger partial charge in [0.1, 0.15) is 5.75 Å². The fraction of sp³-hybridized carbons (Fsp3) is 0.526. The number of nitrogen functional groups attached to an aromatic ring is 1. The Kier molecular flexibility index (Phi) is 4.94. The molecule has 2 fully saturated rings. The molecule has 2 aliphatic heterocycles. The van der Waals surface area contributed by atoms with E-state index in [0.717, 1.165) is 56.3 Å². The van der Waals surface area contributed by atoms with Gasteiger partial charge in [0, 0.05) is 68.8 Å². The fourth-order valence-electron chi connectivity index (χ4n) is 4.51. The second-order valence-corrected chi connectivity index (χ2v) is 7.66. The van der Waals surface area contributed by atoms with Gasteiger partial charge in [0.15, 0.2) is 0 Å². The van der Waals surface area contributed by atoms with E-state index in [1.54, 1.807) is 25.7 Å². The highest BCUT2D eigenvalue weighted by atomic mass is 16.5. The van der Waals surface area contributed by atoms with Crippen LogP contribution in [0.2, 0.25) is 0 Å². The molecule has 2 unspecified atom stereocenters. The van der Waals surface area contributed by atoms with Crippen LogP contribution in [-0.4, -0.2) is 69.8 Å². The lowest BCUT2D eigenvalue weighted by molar-refractivity contribution is 0.110. The van der Waals surface area contributed by atoms with Crippen LogP contribution in [0.1, 0.15) is 11.3 Å². The molecule has 0 aliphatic carbocycles. The molecule has 4 heterocycles. The first-order chi connectivity index (χ1) is 13.1. The maximum atomic E-state index is 10.2. The Labute approximate surface area is 159 Å². The number of pyridine rings is 1. The molecule has 0 spiro atoms. The van der Waals surface area contributed by atoms with E-state index in [2.05, 4.69) is 24.8 Å². The Morgan fingerprint density at radius 3 is 2.52 bits per heavy atom. The molecule has 144 valence electrons. The van der Waals surface area contributed by atoms with Gasteiger partial charge in [0.05, 0.1) is 19.4 Å². The lowest BCUT2D eigenvalue weighted by Gasteiger charge is -2.27. The average molecular weight is 370 g/mol. The number of fused-ring (bicyclic) bond motifs is 1. The standard InChI is InChI=1S/C19H26N6O2/c1-27-17-3-2-4-21-16(17)10-25-9-15-8-24(11-19(15,12-25)13-26)7-14-5-22-18(20)23-6-14/h2-6,15,26H,7-13H2,1H3,(H2,20,22,23). The number of aromatic nitrogens is 3. The van der Waals surface area contributed by atoms with Gasteiger partial charge in [-0.3, -0.25) is 14.8 Å². The van der Waals surface area contributed by atoms with Crippen LogP contribution in [0.3, 0.4) is 0 Å². The van der Waals surface area contributed by atoms with Crippen molar-refractivity contribution in [3.8, 4) is 5.75 Å². The van der Waals surface area contributed by atoms with Gasteiger partial charge in [0.2, 0.25) is 5.95 Å². The third-order valence-corrected chi connectivity index (χ3v) is 5.79. The number of aliphatic hydroxyl groups excluding tert-OH is 1. The van der Waals surface area contributed by atoms with E-state index < -0.39 is 0 Å². The molecule has 27 heavy (non-hydrogen) atoms. The molecule has 0 bridgehead atoms. The number of likely N-dealkylation sites (tertiary alicyclic amines) is 2. The summed E-state index contributed by atoms with van der Waals surface area (Å²) in [7, 11) is 1.67. The molecular weight excluding hydrogens is 344 g/mol. The van der Waals surface area contributed by atoms with Crippen molar-refractivity contribution in [1.82, 2.24) is 24.8 Å². The molecule has 0 aromatic carbocycles. The number of rotatable bonds is 6. The van der Waals surface area contributed by atoms with Crippen LogP contribution in [0.4, 0.5) is 5.95 Å². The zero-order chi connectivity index (χ0) is 18.9. The summed E-state index contributed by atoms with van der Waals surface area (Å²) < 4.78 is 5.43. The van der Waals surface area contributed by atoms with E-state index in [4.69, 9.17) is 10.5 Å². The van der Waals surface area contributed by atoms with Crippen molar-refractivity contribution >= 4 is 5.95 Å². The van der Waals surface area contributed by atoms with Crippen molar-refractivity contribution in [1.29, 1.82) is 0 Å². The number of nitrogens with two attached hydrogens (primary N) is 1. The van der Waals surface area contributed by atoms with Gasteiger partial charge in [0.25, 0.3) is 0 Å². The summed E-state index contributed by atoms with van der Waals surface area (Å²) in [5.74, 6) is 1.55. The van der Waals surface area contributed by atoms with Crippen LogP contribution < -0.4 is 10.5 Å².